The van der Waals surface area contributed by atoms with Crippen molar-refractivity contribution in [2.45, 2.75) is 15.3 Å². The highest BCUT2D eigenvalue weighted by molar-refractivity contribution is 7.94. The Morgan fingerprint density at radius 3 is 2.17 bits per heavy atom. The van der Waals surface area contributed by atoms with Crippen LogP contribution in [0.2, 0.25) is 4.34 Å². The minimum atomic E-state index is -4.74. The molecule has 0 saturated heterocycles. The lowest BCUT2D eigenvalue weighted by atomic mass is 10.1. The summed E-state index contributed by atoms with van der Waals surface area (Å²) in [5.41, 5.74) is -0.117. The molecule has 14 heteroatoms. The molecular weight excluding hydrogens is 565 g/mol. The summed E-state index contributed by atoms with van der Waals surface area (Å²) in [6.07, 6.45) is -4.74. The van der Waals surface area contributed by atoms with Crippen molar-refractivity contribution in [3.05, 3.63) is 81.3 Å². The Balaban J connectivity index is 1.76. The lowest BCUT2D eigenvalue weighted by Gasteiger charge is -2.16. The van der Waals surface area contributed by atoms with E-state index in [4.69, 9.17) is 11.6 Å². The largest absolute Gasteiger partial charge is 0.416 e. The van der Waals surface area contributed by atoms with E-state index < -0.39 is 36.7 Å². The van der Waals surface area contributed by atoms with Gasteiger partial charge in [0.05, 0.1) is 26.2 Å². The number of alkyl halides is 3. The predicted octanol–water partition coefficient (Wildman–Crippen LogP) is 6.75. The van der Waals surface area contributed by atoms with Crippen molar-refractivity contribution in [2.24, 2.45) is 0 Å². The van der Waals surface area contributed by atoms with Gasteiger partial charge in [-0.1, -0.05) is 23.7 Å². The van der Waals surface area contributed by atoms with Crippen molar-refractivity contribution >= 4 is 65.7 Å². The Hall–Kier alpha value is -2.58. The van der Waals surface area contributed by atoms with Crippen LogP contribution in [-0.2, 0) is 26.2 Å². The maximum atomic E-state index is 13.1. The van der Waals surface area contributed by atoms with Crippen LogP contribution in [-0.4, -0.2) is 16.8 Å². The van der Waals surface area contributed by atoms with Crippen LogP contribution < -0.4 is 9.44 Å². The van der Waals surface area contributed by atoms with Crippen LogP contribution in [0, 0.1) is 0 Å². The highest BCUT2D eigenvalue weighted by Crippen LogP contribution is 2.35. The monoisotopic (exact) mass is 578 g/mol. The minimum Gasteiger partial charge on any atom is -0.277 e. The average molecular weight is 579 g/mol. The number of halogens is 4. The van der Waals surface area contributed by atoms with E-state index in [2.05, 4.69) is 9.44 Å². The van der Waals surface area contributed by atoms with E-state index in [0.717, 1.165) is 35.1 Å². The van der Waals surface area contributed by atoms with Crippen LogP contribution >= 0.6 is 34.3 Å². The fourth-order valence-electron chi connectivity index (χ4n) is 3.01. The van der Waals surface area contributed by atoms with Gasteiger partial charge in [-0.3, -0.25) is 9.44 Å². The highest BCUT2D eigenvalue weighted by Gasteiger charge is 2.32. The molecule has 2 aromatic heterocycles. The van der Waals surface area contributed by atoms with Gasteiger partial charge in [0.1, 0.15) is 4.21 Å². The zero-order chi connectivity index (χ0) is 25.4. The van der Waals surface area contributed by atoms with Crippen LogP contribution in [0.15, 0.2) is 80.5 Å². The highest BCUT2D eigenvalue weighted by atomic mass is 35.5. The van der Waals surface area contributed by atoms with Gasteiger partial charge in [-0.15, -0.1) is 11.3 Å². The normalized spacial score (nSPS) is 12.5. The number of thiophene rings is 2. The third kappa shape index (κ3) is 5.81. The molecule has 0 aliphatic carbocycles. The third-order valence-corrected chi connectivity index (χ3v) is 9.78. The third-order valence-electron chi connectivity index (χ3n) is 4.65. The van der Waals surface area contributed by atoms with Gasteiger partial charge in [-0.05, 0) is 70.4 Å². The maximum absolute atomic E-state index is 13.1. The second kappa shape index (κ2) is 9.47. The topological polar surface area (TPSA) is 92.3 Å². The zero-order valence-corrected chi connectivity index (χ0v) is 21.2. The molecule has 35 heavy (non-hydrogen) atoms. The molecule has 0 unspecified atom stereocenters. The van der Waals surface area contributed by atoms with Gasteiger partial charge in [0.25, 0.3) is 20.0 Å². The summed E-state index contributed by atoms with van der Waals surface area (Å²) < 4.78 is 95.6. The van der Waals surface area contributed by atoms with Gasteiger partial charge < -0.3 is 0 Å². The SMILES string of the molecule is O=S(=O)(Nc1cc(-c2ccsc2)ccc1NS(=O)(=O)c1ccc(Cl)s1)c1cccc(C(F)(F)F)c1. The Bertz CT molecular complexity index is 1580. The fraction of sp³-hybridized carbons (Fsp3) is 0.0476. The van der Waals surface area contributed by atoms with Gasteiger partial charge in [0.2, 0.25) is 0 Å². The van der Waals surface area contributed by atoms with E-state index in [-0.39, 0.29) is 19.9 Å². The Labute approximate surface area is 212 Å². The van der Waals surface area contributed by atoms with Crippen LogP contribution in [0.3, 0.4) is 0 Å². The Kier molecular flexibility index (Phi) is 6.90. The summed E-state index contributed by atoms with van der Waals surface area (Å²) >= 11 is 8.04. The molecule has 0 aliphatic heterocycles. The summed E-state index contributed by atoms with van der Waals surface area (Å²) in [6, 6.07) is 12.1. The zero-order valence-electron chi connectivity index (χ0n) is 17.2. The van der Waals surface area contributed by atoms with Crippen molar-refractivity contribution in [3.63, 3.8) is 0 Å². The first-order chi connectivity index (χ1) is 16.3. The number of anilines is 2. The number of benzene rings is 2. The molecule has 0 spiro atoms. The van der Waals surface area contributed by atoms with E-state index in [1.165, 1.54) is 35.6 Å². The van der Waals surface area contributed by atoms with Crippen molar-refractivity contribution in [2.75, 3.05) is 9.44 Å². The van der Waals surface area contributed by atoms with Crippen LogP contribution in [0.5, 0.6) is 0 Å². The molecule has 0 amide bonds. The molecule has 4 rings (SSSR count). The molecule has 2 N–H and O–H groups in total. The van der Waals surface area contributed by atoms with Gasteiger partial charge in [0.15, 0.2) is 0 Å². The molecule has 4 aromatic rings. The lowest BCUT2D eigenvalue weighted by molar-refractivity contribution is -0.137. The first kappa shape index (κ1) is 25.5. The number of hydrogen-bond acceptors (Lipinski definition) is 6. The van der Waals surface area contributed by atoms with Crippen LogP contribution in [0.1, 0.15) is 5.56 Å². The second-order valence-corrected chi connectivity index (χ2v) is 13.2. The number of hydrogen-bond donors (Lipinski definition) is 2. The van der Waals surface area contributed by atoms with Crippen LogP contribution in [0.25, 0.3) is 11.1 Å². The van der Waals surface area contributed by atoms with E-state index in [1.807, 2.05) is 0 Å². The van der Waals surface area contributed by atoms with Gasteiger partial charge in [0, 0.05) is 0 Å². The molecule has 0 atom stereocenters. The first-order valence-corrected chi connectivity index (χ1v) is 14.6. The molecule has 0 radical (unpaired) electrons. The molecule has 0 bridgehead atoms. The van der Waals surface area contributed by atoms with Gasteiger partial charge in [-0.25, -0.2) is 16.8 Å². The standard InChI is InChI=1S/C21H14ClF3N2O4S4/c22-19-6-7-20(33-19)35(30,31)26-17-5-4-13(14-8-9-32-12-14)10-18(17)27-34(28,29)16-3-1-2-15(11-16)21(23,24)25/h1-12,26-27H. The predicted molar refractivity (Wildman–Crippen MR) is 132 cm³/mol. The molecule has 184 valence electrons. The van der Waals surface area contributed by atoms with Crippen LogP contribution in [0.4, 0.5) is 24.5 Å². The second-order valence-electron chi connectivity index (χ2n) is 7.07. The average Bonchev–Trinajstić information content (AvgIpc) is 3.47. The molecule has 2 aromatic carbocycles. The van der Waals surface area contributed by atoms with E-state index in [9.17, 15) is 30.0 Å². The Morgan fingerprint density at radius 2 is 1.54 bits per heavy atom. The quantitative estimate of drug-likeness (QED) is 0.254. The molecule has 6 nitrogen and oxygen atoms in total. The molecular formula is C21H14ClF3N2O4S4. The van der Waals surface area contributed by atoms with E-state index in [0.29, 0.717) is 11.6 Å². The summed E-state index contributed by atoms with van der Waals surface area (Å²) in [5.74, 6) is 0. The van der Waals surface area contributed by atoms with Crippen molar-refractivity contribution in [1.82, 2.24) is 0 Å². The lowest BCUT2D eigenvalue weighted by Crippen LogP contribution is -2.18. The van der Waals surface area contributed by atoms with Gasteiger partial charge >= 0.3 is 6.18 Å². The number of nitrogens with one attached hydrogen (secondary N) is 2. The summed E-state index contributed by atoms with van der Waals surface area (Å²) in [6.45, 7) is 0. The number of sulfonamides is 2. The number of rotatable bonds is 7. The van der Waals surface area contributed by atoms with Crippen molar-refractivity contribution < 1.29 is 30.0 Å². The molecule has 0 aliphatic rings. The smallest absolute Gasteiger partial charge is 0.277 e. The maximum Gasteiger partial charge on any atom is 0.416 e. The van der Waals surface area contributed by atoms with E-state index >= 15 is 0 Å². The Morgan fingerprint density at radius 1 is 0.800 bits per heavy atom. The fourth-order valence-corrected chi connectivity index (χ4v) is 7.35. The molecule has 0 saturated carbocycles. The summed E-state index contributed by atoms with van der Waals surface area (Å²) in [7, 11) is -8.65. The summed E-state index contributed by atoms with van der Waals surface area (Å²) in [4.78, 5) is -0.632. The molecule has 2 heterocycles. The van der Waals surface area contributed by atoms with Crippen molar-refractivity contribution in [3.8, 4) is 11.1 Å². The van der Waals surface area contributed by atoms with E-state index in [1.54, 1.807) is 22.9 Å². The minimum absolute atomic E-state index is 0.101. The first-order valence-electron chi connectivity index (χ1n) is 9.50. The van der Waals surface area contributed by atoms with Crippen molar-refractivity contribution in [1.29, 1.82) is 0 Å². The summed E-state index contributed by atoms with van der Waals surface area (Å²) in [5, 5.41) is 3.61. The molecule has 0 fully saturated rings. The van der Waals surface area contributed by atoms with Gasteiger partial charge in [-0.2, -0.15) is 24.5 Å².